The van der Waals surface area contributed by atoms with Gasteiger partial charge >= 0.3 is 0 Å². The lowest BCUT2D eigenvalue weighted by atomic mass is 10.1. The van der Waals surface area contributed by atoms with Crippen molar-refractivity contribution >= 4 is 5.91 Å². The number of nitrogens with zero attached hydrogens (tertiary/aromatic N) is 2. The maximum atomic E-state index is 12.5. The van der Waals surface area contributed by atoms with Crippen LogP contribution in [0.1, 0.15) is 27.2 Å². The van der Waals surface area contributed by atoms with Gasteiger partial charge < -0.3 is 15.0 Å². The molecule has 2 atom stereocenters. The molecule has 0 radical (unpaired) electrons. The van der Waals surface area contributed by atoms with Crippen molar-refractivity contribution in [3.05, 3.63) is 0 Å². The molecule has 1 saturated heterocycles. The van der Waals surface area contributed by atoms with Crippen molar-refractivity contribution in [3.63, 3.8) is 0 Å². The molecule has 5 nitrogen and oxygen atoms in total. The van der Waals surface area contributed by atoms with Crippen LogP contribution in [0.5, 0.6) is 0 Å². The van der Waals surface area contributed by atoms with Gasteiger partial charge in [-0.05, 0) is 20.3 Å². The molecule has 0 bridgehead atoms. The molecule has 1 aliphatic rings. The molecule has 5 heteroatoms. The van der Waals surface area contributed by atoms with E-state index in [1.165, 1.54) is 0 Å². The molecule has 2 unspecified atom stereocenters. The Morgan fingerprint density at radius 2 is 2.00 bits per heavy atom. The van der Waals surface area contributed by atoms with E-state index in [1.807, 2.05) is 11.8 Å². The highest BCUT2D eigenvalue weighted by atomic mass is 16.5. The highest BCUT2D eigenvalue weighted by Crippen LogP contribution is 2.12. The number of piperazine rings is 1. The Bertz CT molecular complexity index is 267. The molecule has 1 heterocycles. The largest absolute Gasteiger partial charge is 0.383 e. The molecular weight excluding hydrogens is 242 g/mol. The van der Waals surface area contributed by atoms with Gasteiger partial charge in [0, 0.05) is 45.9 Å². The lowest BCUT2D eigenvalue weighted by molar-refractivity contribution is -0.138. The highest BCUT2D eigenvalue weighted by molar-refractivity contribution is 5.81. The van der Waals surface area contributed by atoms with Gasteiger partial charge in [0.05, 0.1) is 12.6 Å². The summed E-state index contributed by atoms with van der Waals surface area (Å²) >= 11 is 0. The zero-order valence-corrected chi connectivity index (χ0v) is 12.8. The second kappa shape index (κ2) is 8.51. The normalized spacial score (nSPS) is 19.5. The van der Waals surface area contributed by atoms with Crippen molar-refractivity contribution in [1.29, 1.82) is 0 Å². The molecule has 0 aromatic heterocycles. The third-order valence-corrected chi connectivity index (χ3v) is 3.99. The van der Waals surface area contributed by atoms with Gasteiger partial charge in [-0.25, -0.2) is 0 Å². The molecule has 0 saturated carbocycles. The van der Waals surface area contributed by atoms with E-state index in [4.69, 9.17) is 4.74 Å². The first-order valence-corrected chi connectivity index (χ1v) is 7.36. The summed E-state index contributed by atoms with van der Waals surface area (Å²) in [7, 11) is 1.71. The van der Waals surface area contributed by atoms with Crippen LogP contribution in [0.3, 0.4) is 0 Å². The van der Waals surface area contributed by atoms with Crippen LogP contribution in [-0.2, 0) is 9.53 Å². The number of carbonyl (C=O) groups is 1. The minimum atomic E-state index is -0.0665. The topological polar surface area (TPSA) is 44.8 Å². The molecular formula is C14H29N3O2. The average Bonchev–Trinajstić information content (AvgIpc) is 2.47. The number of amides is 1. The van der Waals surface area contributed by atoms with Gasteiger partial charge in [0.15, 0.2) is 0 Å². The summed E-state index contributed by atoms with van der Waals surface area (Å²) in [4.78, 5) is 16.8. The summed E-state index contributed by atoms with van der Waals surface area (Å²) < 4.78 is 5.17. The number of rotatable bonds is 7. The van der Waals surface area contributed by atoms with Crippen LogP contribution in [0.4, 0.5) is 0 Å². The molecule has 1 rings (SSSR count). The van der Waals surface area contributed by atoms with Gasteiger partial charge in [0.25, 0.3) is 0 Å². The SMILES string of the molecule is CCC(C)N(CCOC)C(C)C(=O)N1CCNCC1. The third-order valence-electron chi connectivity index (χ3n) is 3.99. The van der Waals surface area contributed by atoms with Crippen LogP contribution < -0.4 is 5.32 Å². The predicted octanol–water partition coefficient (Wildman–Crippen LogP) is 0.554. The fraction of sp³-hybridized carbons (Fsp3) is 0.929. The fourth-order valence-corrected chi connectivity index (χ4v) is 2.52. The second-order valence-corrected chi connectivity index (χ2v) is 5.24. The lowest BCUT2D eigenvalue weighted by Crippen LogP contribution is -2.55. The molecule has 1 aliphatic heterocycles. The van der Waals surface area contributed by atoms with Gasteiger partial charge in [0.2, 0.25) is 5.91 Å². The van der Waals surface area contributed by atoms with Gasteiger partial charge in [0.1, 0.15) is 0 Å². The van der Waals surface area contributed by atoms with E-state index < -0.39 is 0 Å². The zero-order valence-electron chi connectivity index (χ0n) is 12.8. The van der Waals surface area contributed by atoms with Crippen molar-refractivity contribution in [1.82, 2.24) is 15.1 Å². The smallest absolute Gasteiger partial charge is 0.239 e. The first-order chi connectivity index (χ1) is 9.11. The van der Waals surface area contributed by atoms with E-state index in [2.05, 4.69) is 24.1 Å². The first-order valence-electron chi connectivity index (χ1n) is 7.36. The maximum Gasteiger partial charge on any atom is 0.239 e. The minimum absolute atomic E-state index is 0.0665. The van der Waals surface area contributed by atoms with E-state index in [-0.39, 0.29) is 11.9 Å². The number of ether oxygens (including phenoxy) is 1. The Labute approximate surface area is 117 Å². The average molecular weight is 271 g/mol. The lowest BCUT2D eigenvalue weighted by Gasteiger charge is -2.37. The second-order valence-electron chi connectivity index (χ2n) is 5.24. The van der Waals surface area contributed by atoms with Crippen molar-refractivity contribution < 1.29 is 9.53 Å². The number of nitrogens with one attached hydrogen (secondary N) is 1. The van der Waals surface area contributed by atoms with Crippen molar-refractivity contribution in [3.8, 4) is 0 Å². The molecule has 0 aliphatic carbocycles. The molecule has 19 heavy (non-hydrogen) atoms. The van der Waals surface area contributed by atoms with Crippen LogP contribution in [0.25, 0.3) is 0 Å². The Kier molecular flexibility index (Phi) is 7.34. The van der Waals surface area contributed by atoms with Crippen LogP contribution in [-0.4, -0.2) is 74.2 Å². The summed E-state index contributed by atoms with van der Waals surface area (Å²) in [5.41, 5.74) is 0. The first kappa shape index (κ1) is 16.4. The van der Waals surface area contributed by atoms with Crippen LogP contribution in [0, 0.1) is 0 Å². The fourth-order valence-electron chi connectivity index (χ4n) is 2.52. The molecule has 1 fully saturated rings. The quantitative estimate of drug-likeness (QED) is 0.735. The molecule has 1 amide bonds. The molecule has 1 N–H and O–H groups in total. The van der Waals surface area contributed by atoms with Crippen molar-refractivity contribution in [2.24, 2.45) is 0 Å². The Morgan fingerprint density at radius 3 is 2.53 bits per heavy atom. The van der Waals surface area contributed by atoms with Crippen LogP contribution in [0.15, 0.2) is 0 Å². The maximum absolute atomic E-state index is 12.5. The van der Waals surface area contributed by atoms with E-state index in [1.54, 1.807) is 7.11 Å². The zero-order chi connectivity index (χ0) is 14.3. The monoisotopic (exact) mass is 271 g/mol. The summed E-state index contributed by atoms with van der Waals surface area (Å²) in [5.74, 6) is 0.248. The van der Waals surface area contributed by atoms with Crippen molar-refractivity contribution in [2.45, 2.75) is 39.3 Å². The van der Waals surface area contributed by atoms with Crippen LogP contribution >= 0.6 is 0 Å². The van der Waals surface area contributed by atoms with Crippen LogP contribution in [0.2, 0.25) is 0 Å². The van der Waals surface area contributed by atoms with Gasteiger partial charge in [-0.15, -0.1) is 0 Å². The Morgan fingerprint density at radius 1 is 1.37 bits per heavy atom. The molecule has 0 spiro atoms. The summed E-state index contributed by atoms with van der Waals surface area (Å²) in [5, 5.41) is 3.28. The Hall–Kier alpha value is -0.650. The summed E-state index contributed by atoms with van der Waals surface area (Å²) in [6, 6.07) is 0.334. The minimum Gasteiger partial charge on any atom is -0.383 e. The van der Waals surface area contributed by atoms with E-state index in [9.17, 15) is 4.79 Å². The molecule has 0 aromatic rings. The van der Waals surface area contributed by atoms with Gasteiger partial charge in [-0.1, -0.05) is 6.92 Å². The molecule has 0 aromatic carbocycles. The standard InChI is InChI=1S/C14H29N3O2/c1-5-12(2)17(10-11-19-4)13(3)14(18)16-8-6-15-7-9-16/h12-13,15H,5-11H2,1-4H3. The number of methoxy groups -OCH3 is 1. The van der Waals surface area contributed by atoms with E-state index in [0.717, 1.165) is 39.1 Å². The van der Waals surface area contributed by atoms with Gasteiger partial charge in [-0.2, -0.15) is 0 Å². The number of carbonyl (C=O) groups excluding carboxylic acids is 1. The third kappa shape index (κ3) is 4.75. The van der Waals surface area contributed by atoms with E-state index in [0.29, 0.717) is 12.6 Å². The van der Waals surface area contributed by atoms with E-state index >= 15 is 0 Å². The molecule has 112 valence electrons. The number of hydrogen-bond acceptors (Lipinski definition) is 4. The predicted molar refractivity (Wildman–Crippen MR) is 77.2 cm³/mol. The van der Waals surface area contributed by atoms with Crippen molar-refractivity contribution in [2.75, 3.05) is 46.4 Å². The van der Waals surface area contributed by atoms with Gasteiger partial charge in [-0.3, -0.25) is 9.69 Å². The number of hydrogen-bond donors (Lipinski definition) is 1. The summed E-state index contributed by atoms with van der Waals surface area (Å²) in [6.45, 7) is 11.3. The highest BCUT2D eigenvalue weighted by Gasteiger charge is 2.28. The summed E-state index contributed by atoms with van der Waals surface area (Å²) in [6.07, 6.45) is 1.04. The Balaban J connectivity index is 2.62.